The predicted octanol–water partition coefficient (Wildman–Crippen LogP) is 8.74. The maximum atomic E-state index is 12.4. The number of aliphatic carboxylic acids is 1. The first kappa shape index (κ1) is 39.9. The van der Waals surface area contributed by atoms with Gasteiger partial charge in [0.25, 0.3) is 0 Å². The second kappa shape index (κ2) is 17.7. The molecule has 54 heavy (non-hydrogen) atoms. The molecule has 4 unspecified atom stereocenters. The van der Waals surface area contributed by atoms with Crippen molar-refractivity contribution in [2.24, 2.45) is 11.8 Å². The summed E-state index contributed by atoms with van der Waals surface area (Å²) in [5.74, 6) is 0.912. The number of carboxylic acid groups (broad SMARTS) is 1. The number of fused-ring (bicyclic) bond motifs is 2. The molecule has 4 aromatic rings. The van der Waals surface area contributed by atoms with Gasteiger partial charge in [0.1, 0.15) is 17.3 Å². The van der Waals surface area contributed by atoms with Crippen molar-refractivity contribution in [2.45, 2.75) is 91.4 Å². The van der Waals surface area contributed by atoms with Crippen LogP contribution in [0.15, 0.2) is 59.0 Å². The molecule has 10 nitrogen and oxygen atoms in total. The number of carboxylic acids is 1. The van der Waals surface area contributed by atoms with Crippen molar-refractivity contribution in [3.63, 3.8) is 0 Å². The molecule has 0 amide bonds. The van der Waals surface area contributed by atoms with Crippen molar-refractivity contribution in [1.82, 2.24) is 4.98 Å². The minimum atomic E-state index is -0.780. The van der Waals surface area contributed by atoms with Gasteiger partial charge in [-0.1, -0.05) is 32.0 Å². The van der Waals surface area contributed by atoms with Gasteiger partial charge in [0.2, 0.25) is 5.89 Å². The van der Waals surface area contributed by atoms with Crippen molar-refractivity contribution < 1.29 is 42.9 Å². The van der Waals surface area contributed by atoms with Crippen LogP contribution in [0.3, 0.4) is 0 Å². The molecule has 1 N–H and O–H groups in total. The molecular weight excluding hydrogens is 686 g/mol. The first-order chi connectivity index (χ1) is 25.9. The van der Waals surface area contributed by atoms with E-state index >= 15 is 0 Å². The number of hydrogen-bond acceptors (Lipinski definition) is 9. The monoisotopic (exact) mass is 737 g/mol. The maximum absolute atomic E-state index is 12.4. The van der Waals surface area contributed by atoms with Gasteiger partial charge in [0, 0.05) is 12.0 Å². The highest BCUT2D eigenvalue weighted by atomic mass is 16.5. The van der Waals surface area contributed by atoms with E-state index in [9.17, 15) is 24.3 Å². The summed E-state index contributed by atoms with van der Waals surface area (Å²) < 4.78 is 22.1. The van der Waals surface area contributed by atoms with Gasteiger partial charge in [-0.2, -0.15) is 0 Å². The van der Waals surface area contributed by atoms with Crippen molar-refractivity contribution in [1.29, 1.82) is 0 Å². The van der Waals surface area contributed by atoms with E-state index in [1.165, 1.54) is 26.5 Å². The number of carbonyl (C=O) groups excluding carboxylic acids is 3. The molecule has 0 aliphatic heterocycles. The number of benzene rings is 3. The third-order valence-corrected chi connectivity index (χ3v) is 10.9. The summed E-state index contributed by atoms with van der Waals surface area (Å²) in [4.78, 5) is 52.4. The second-order valence-corrected chi connectivity index (χ2v) is 14.1. The Bertz CT molecular complexity index is 2000. The van der Waals surface area contributed by atoms with Crippen molar-refractivity contribution in [3.8, 4) is 23.0 Å². The first-order valence-electron chi connectivity index (χ1n) is 18.8. The van der Waals surface area contributed by atoms with Crippen LogP contribution in [0, 0.1) is 18.8 Å². The first-order valence-corrected chi connectivity index (χ1v) is 18.8. The van der Waals surface area contributed by atoms with Crippen molar-refractivity contribution >= 4 is 23.5 Å². The van der Waals surface area contributed by atoms with Gasteiger partial charge in [-0.05, 0) is 130 Å². The third-order valence-electron chi connectivity index (χ3n) is 10.9. The fourth-order valence-electron chi connectivity index (χ4n) is 8.03. The standard InChI is InChI=1S/C27H29NO5.C17H22O4/c1-4-20(27(30)31)21-11-10-19-14-25(22(16(2)29)15-23(19)21)32-13-12-24-17(3)33-26(28-24)18-8-6-5-7-9-18;1-5-12(17(19)21-4)13-7-6-11-8-16(20-3)14(10(2)18)9-15(11)13/h5-9,14-15,20-21H,4,10-13H2,1-3H3,(H,30,31);8-9,12-13H,5-7H2,1-4H3. The van der Waals surface area contributed by atoms with Gasteiger partial charge in [0.15, 0.2) is 11.6 Å². The number of aryl methyl sites for hydroxylation is 3. The van der Waals surface area contributed by atoms with Gasteiger partial charge >= 0.3 is 11.9 Å². The number of methoxy groups -OCH3 is 2. The number of oxazole rings is 1. The Balaban J connectivity index is 0.000000230. The van der Waals surface area contributed by atoms with Crippen LogP contribution >= 0.6 is 0 Å². The zero-order valence-electron chi connectivity index (χ0n) is 32.3. The smallest absolute Gasteiger partial charge is 0.309 e. The molecule has 1 heterocycles. The van der Waals surface area contributed by atoms with Crippen LogP contribution in [0.25, 0.3) is 11.5 Å². The van der Waals surface area contributed by atoms with Crippen molar-refractivity contribution in [2.75, 3.05) is 20.8 Å². The number of ketones is 2. The molecule has 4 atom stereocenters. The number of Topliss-reactive ketones (excluding diaryl/α,β-unsaturated/α-hetero) is 2. The predicted molar refractivity (Wildman–Crippen MR) is 205 cm³/mol. The zero-order chi connectivity index (χ0) is 39.1. The SMILES string of the molecule is CCC(C(=O)O)C1CCc2cc(OCCc3nc(-c4ccccc4)oc3C)c(C(C)=O)cc21.CCC(C(=O)OC)C1CCc2cc(OC)c(C(C)=O)cc21. The van der Waals surface area contributed by atoms with Crippen LogP contribution in [0.1, 0.15) is 120 Å². The lowest BCUT2D eigenvalue weighted by Crippen LogP contribution is -2.22. The largest absolute Gasteiger partial charge is 0.496 e. The molecule has 1 aromatic heterocycles. The topological polar surface area (TPSA) is 142 Å². The Hall–Kier alpha value is -5.25. The molecular formula is C44H51NO9. The Morgan fingerprint density at radius 1 is 0.833 bits per heavy atom. The minimum absolute atomic E-state index is 0.0218. The average molecular weight is 738 g/mol. The quantitative estimate of drug-likeness (QED) is 0.0986. The van der Waals surface area contributed by atoms with E-state index in [1.54, 1.807) is 7.11 Å². The van der Waals surface area contributed by atoms with E-state index in [4.69, 9.17) is 18.6 Å². The lowest BCUT2D eigenvalue weighted by Gasteiger charge is -2.21. The van der Waals surface area contributed by atoms with Crippen LogP contribution in [0.5, 0.6) is 11.5 Å². The van der Waals surface area contributed by atoms with Crippen LogP contribution in [0.4, 0.5) is 0 Å². The molecule has 3 aromatic carbocycles. The highest BCUT2D eigenvalue weighted by Gasteiger charge is 2.36. The van der Waals surface area contributed by atoms with E-state index in [2.05, 4.69) is 4.98 Å². The molecule has 286 valence electrons. The second-order valence-electron chi connectivity index (χ2n) is 14.1. The van der Waals surface area contributed by atoms with Crippen LogP contribution in [-0.2, 0) is 33.6 Å². The van der Waals surface area contributed by atoms with Crippen LogP contribution in [0.2, 0.25) is 0 Å². The van der Waals surface area contributed by atoms with Crippen molar-refractivity contribution in [3.05, 3.63) is 99.4 Å². The summed E-state index contributed by atoms with van der Waals surface area (Å²) in [5.41, 5.74) is 7.15. The summed E-state index contributed by atoms with van der Waals surface area (Å²) in [5, 5.41) is 9.61. The van der Waals surface area contributed by atoms with E-state index in [-0.39, 0.29) is 35.3 Å². The summed E-state index contributed by atoms with van der Waals surface area (Å²) in [6.07, 6.45) is 5.24. The average Bonchev–Trinajstić information content (AvgIpc) is 3.88. The van der Waals surface area contributed by atoms with E-state index in [0.29, 0.717) is 48.0 Å². The third kappa shape index (κ3) is 8.59. The minimum Gasteiger partial charge on any atom is -0.496 e. The Labute approximate surface area is 317 Å². The number of rotatable bonds is 14. The number of hydrogen-bond donors (Lipinski definition) is 1. The molecule has 2 aliphatic carbocycles. The fourth-order valence-corrected chi connectivity index (χ4v) is 8.03. The Morgan fingerprint density at radius 2 is 1.39 bits per heavy atom. The number of aromatic nitrogens is 1. The van der Waals surface area contributed by atoms with Gasteiger partial charge in [-0.15, -0.1) is 0 Å². The lowest BCUT2D eigenvalue weighted by atomic mass is 9.84. The van der Waals surface area contributed by atoms with Gasteiger partial charge in [0.05, 0.1) is 49.5 Å². The van der Waals surface area contributed by atoms with Gasteiger partial charge in [-0.3, -0.25) is 19.2 Å². The van der Waals surface area contributed by atoms with Crippen LogP contribution < -0.4 is 9.47 Å². The van der Waals surface area contributed by atoms with Gasteiger partial charge < -0.3 is 23.7 Å². The summed E-state index contributed by atoms with van der Waals surface area (Å²) in [7, 11) is 3.00. The molecule has 10 heteroatoms. The molecule has 0 fully saturated rings. The molecule has 0 saturated carbocycles. The molecule has 2 aliphatic rings. The van der Waals surface area contributed by atoms with Gasteiger partial charge in [-0.25, -0.2) is 4.98 Å². The lowest BCUT2D eigenvalue weighted by molar-refractivity contribution is -0.146. The van der Waals surface area contributed by atoms with E-state index in [0.717, 1.165) is 65.8 Å². The number of nitrogens with zero attached hydrogens (tertiary/aromatic N) is 1. The van der Waals surface area contributed by atoms with E-state index < -0.39 is 11.9 Å². The normalized spacial score (nSPS) is 16.6. The summed E-state index contributed by atoms with van der Waals surface area (Å²) in [6, 6.07) is 17.4. The molecule has 0 radical (unpaired) electrons. The molecule has 6 rings (SSSR count). The van der Waals surface area contributed by atoms with Crippen LogP contribution in [-0.4, -0.2) is 54.4 Å². The number of esters is 1. The Kier molecular flexibility index (Phi) is 13.1. The fraction of sp³-hybridized carbons (Fsp3) is 0.432. The summed E-state index contributed by atoms with van der Waals surface area (Å²) in [6.45, 7) is 9.19. The molecule has 0 spiro atoms. The highest BCUT2D eigenvalue weighted by molar-refractivity contribution is 5.98. The highest BCUT2D eigenvalue weighted by Crippen LogP contribution is 2.44. The molecule has 0 bridgehead atoms. The number of ether oxygens (including phenoxy) is 3. The summed E-state index contributed by atoms with van der Waals surface area (Å²) >= 11 is 0. The zero-order valence-corrected chi connectivity index (χ0v) is 32.3. The Morgan fingerprint density at radius 3 is 1.91 bits per heavy atom. The number of carbonyl (C=O) groups is 4. The molecule has 0 saturated heterocycles. The maximum Gasteiger partial charge on any atom is 0.309 e. The van der Waals surface area contributed by atoms with E-state index in [1.807, 2.05) is 75.4 Å².